The quantitative estimate of drug-likeness (QED) is 0.775. The van der Waals surface area contributed by atoms with Crippen molar-refractivity contribution in [3.05, 3.63) is 28.2 Å². The number of nitrogens with zero attached hydrogens (tertiary/aromatic N) is 3. The van der Waals surface area contributed by atoms with Gasteiger partial charge in [0.1, 0.15) is 6.04 Å². The molecule has 2 aliphatic heterocycles. The summed E-state index contributed by atoms with van der Waals surface area (Å²) in [5.41, 5.74) is 0.502. The van der Waals surface area contributed by atoms with Crippen LogP contribution in [0.5, 0.6) is 0 Å². The Labute approximate surface area is 179 Å². The molecule has 8 nitrogen and oxygen atoms in total. The van der Waals surface area contributed by atoms with Crippen molar-refractivity contribution in [1.29, 1.82) is 0 Å². The fourth-order valence-electron chi connectivity index (χ4n) is 3.40. The van der Waals surface area contributed by atoms with Crippen molar-refractivity contribution in [2.75, 3.05) is 51.3 Å². The third-order valence-corrected chi connectivity index (χ3v) is 5.88. The molecular weight excluding hydrogens is 419 g/mol. The molecule has 2 saturated heterocycles. The molecule has 2 fully saturated rings. The third kappa shape index (κ3) is 5.32. The van der Waals surface area contributed by atoms with Crippen molar-refractivity contribution in [2.24, 2.45) is 0 Å². The number of carbonyl (C=O) groups excluding carboxylic acids is 3. The molecule has 158 valence electrons. The highest BCUT2D eigenvalue weighted by molar-refractivity contribution is 6.42. The van der Waals surface area contributed by atoms with Crippen molar-refractivity contribution in [3.8, 4) is 0 Å². The highest BCUT2D eigenvalue weighted by Gasteiger charge is 2.34. The molecule has 1 N–H and O–H groups in total. The normalized spacial score (nSPS) is 20.0. The number of nitrogens with one attached hydrogen (secondary N) is 1. The maximum absolute atomic E-state index is 12.7. The maximum Gasteiger partial charge on any atom is 0.322 e. The lowest BCUT2D eigenvalue weighted by Gasteiger charge is -2.39. The van der Waals surface area contributed by atoms with Crippen LogP contribution in [-0.2, 0) is 14.3 Å². The lowest BCUT2D eigenvalue weighted by Crippen LogP contribution is -2.58. The summed E-state index contributed by atoms with van der Waals surface area (Å²) >= 11 is 11.9. The van der Waals surface area contributed by atoms with Crippen LogP contribution in [0.4, 0.5) is 10.5 Å². The molecule has 1 atom stereocenters. The van der Waals surface area contributed by atoms with E-state index in [1.807, 2.05) is 0 Å². The third-order valence-electron chi connectivity index (χ3n) is 5.14. The first-order valence-electron chi connectivity index (χ1n) is 9.54. The minimum atomic E-state index is -0.620. The predicted octanol–water partition coefficient (Wildman–Crippen LogP) is 2.31. The highest BCUT2D eigenvalue weighted by Crippen LogP contribution is 2.25. The van der Waals surface area contributed by atoms with E-state index in [1.165, 1.54) is 4.90 Å². The average Bonchev–Trinajstić information content (AvgIpc) is 2.72. The van der Waals surface area contributed by atoms with Gasteiger partial charge in [0.05, 0.1) is 23.3 Å². The van der Waals surface area contributed by atoms with Gasteiger partial charge in [0.2, 0.25) is 11.8 Å². The van der Waals surface area contributed by atoms with E-state index in [4.69, 9.17) is 27.9 Å². The van der Waals surface area contributed by atoms with Crippen molar-refractivity contribution in [2.45, 2.75) is 19.4 Å². The van der Waals surface area contributed by atoms with Crippen LogP contribution in [-0.4, -0.2) is 84.5 Å². The van der Waals surface area contributed by atoms with Crippen LogP contribution < -0.4 is 5.32 Å². The van der Waals surface area contributed by atoms with E-state index >= 15 is 0 Å². The van der Waals surface area contributed by atoms with Gasteiger partial charge >= 0.3 is 6.03 Å². The second-order valence-corrected chi connectivity index (χ2v) is 7.81. The van der Waals surface area contributed by atoms with E-state index in [9.17, 15) is 14.4 Å². The molecule has 0 aliphatic carbocycles. The van der Waals surface area contributed by atoms with E-state index in [2.05, 4.69) is 5.32 Å². The molecule has 10 heteroatoms. The zero-order chi connectivity index (χ0) is 21.0. The number of urea groups is 1. The second kappa shape index (κ2) is 9.65. The summed E-state index contributed by atoms with van der Waals surface area (Å²) in [6.45, 7) is 5.08. The Balaban J connectivity index is 1.52. The molecule has 1 aromatic rings. The number of morpholine rings is 1. The molecule has 0 aromatic heterocycles. The number of hydrogen-bond donors (Lipinski definition) is 1. The number of benzene rings is 1. The summed E-state index contributed by atoms with van der Waals surface area (Å²) in [7, 11) is 0. The lowest BCUT2D eigenvalue weighted by atomic mass is 10.1. The molecule has 2 heterocycles. The van der Waals surface area contributed by atoms with E-state index in [0.717, 1.165) is 0 Å². The van der Waals surface area contributed by atoms with Crippen LogP contribution in [0.25, 0.3) is 0 Å². The van der Waals surface area contributed by atoms with Crippen molar-refractivity contribution in [3.63, 3.8) is 0 Å². The first-order valence-corrected chi connectivity index (χ1v) is 10.3. The summed E-state index contributed by atoms with van der Waals surface area (Å²) < 4.78 is 5.25. The minimum Gasteiger partial charge on any atom is -0.378 e. The zero-order valence-electron chi connectivity index (χ0n) is 16.2. The monoisotopic (exact) mass is 442 g/mol. The van der Waals surface area contributed by atoms with Crippen LogP contribution in [0.15, 0.2) is 18.2 Å². The largest absolute Gasteiger partial charge is 0.378 e. The van der Waals surface area contributed by atoms with E-state index in [1.54, 1.807) is 34.9 Å². The number of amides is 4. The Morgan fingerprint density at radius 2 is 1.86 bits per heavy atom. The van der Waals surface area contributed by atoms with Gasteiger partial charge in [-0.25, -0.2) is 4.79 Å². The van der Waals surface area contributed by atoms with Gasteiger partial charge in [0.25, 0.3) is 0 Å². The van der Waals surface area contributed by atoms with Crippen LogP contribution in [0.1, 0.15) is 13.3 Å². The van der Waals surface area contributed by atoms with Gasteiger partial charge in [-0.1, -0.05) is 23.2 Å². The van der Waals surface area contributed by atoms with Gasteiger partial charge < -0.3 is 24.8 Å². The number of hydrogen-bond acceptors (Lipinski definition) is 4. The van der Waals surface area contributed by atoms with Crippen LogP contribution in [0.2, 0.25) is 10.0 Å². The number of carbonyl (C=O) groups is 3. The summed E-state index contributed by atoms with van der Waals surface area (Å²) in [6.07, 6.45) is 0.272. The highest BCUT2D eigenvalue weighted by atomic mass is 35.5. The second-order valence-electron chi connectivity index (χ2n) is 7.00. The average molecular weight is 443 g/mol. The van der Waals surface area contributed by atoms with Gasteiger partial charge in [-0.2, -0.15) is 0 Å². The SMILES string of the molecule is C[C@H]1C(=O)N(CCC(=O)N2CCOCC2)CCN1C(=O)Nc1ccc(Cl)c(Cl)c1. The molecule has 4 amide bonds. The molecule has 0 spiro atoms. The van der Waals surface area contributed by atoms with Crippen molar-refractivity contribution in [1.82, 2.24) is 14.7 Å². The number of rotatable bonds is 4. The van der Waals surface area contributed by atoms with Crippen molar-refractivity contribution >= 4 is 46.7 Å². The first-order chi connectivity index (χ1) is 13.9. The van der Waals surface area contributed by atoms with Gasteiger partial charge in [0.15, 0.2) is 0 Å². The summed E-state index contributed by atoms with van der Waals surface area (Å²) in [4.78, 5) is 42.5. The zero-order valence-corrected chi connectivity index (χ0v) is 17.7. The molecule has 0 radical (unpaired) electrons. The van der Waals surface area contributed by atoms with Crippen LogP contribution in [0.3, 0.4) is 0 Å². The molecule has 2 aliphatic rings. The van der Waals surface area contributed by atoms with E-state index in [0.29, 0.717) is 61.7 Å². The summed E-state index contributed by atoms with van der Waals surface area (Å²) in [5, 5.41) is 3.47. The van der Waals surface area contributed by atoms with Crippen LogP contribution >= 0.6 is 23.2 Å². The molecule has 1 aromatic carbocycles. The first kappa shape index (κ1) is 21.7. The smallest absolute Gasteiger partial charge is 0.322 e. The number of halogens is 2. The Morgan fingerprint density at radius 3 is 2.55 bits per heavy atom. The fourth-order valence-corrected chi connectivity index (χ4v) is 3.70. The predicted molar refractivity (Wildman–Crippen MR) is 110 cm³/mol. The fraction of sp³-hybridized carbons (Fsp3) is 0.526. The Hall–Kier alpha value is -2.03. The molecule has 0 unspecified atom stereocenters. The number of anilines is 1. The molecule has 3 rings (SSSR count). The van der Waals surface area contributed by atoms with Gasteiger partial charge in [-0.3, -0.25) is 9.59 Å². The summed E-state index contributed by atoms with van der Waals surface area (Å²) in [6, 6.07) is 3.80. The lowest BCUT2D eigenvalue weighted by molar-refractivity contribution is -0.141. The molecule has 29 heavy (non-hydrogen) atoms. The van der Waals surface area contributed by atoms with E-state index < -0.39 is 6.04 Å². The topological polar surface area (TPSA) is 82.2 Å². The minimum absolute atomic E-state index is 0.0218. The molecular formula is C19H24Cl2N4O4. The van der Waals surface area contributed by atoms with Gasteiger partial charge in [0, 0.05) is 44.8 Å². The number of ether oxygens (including phenoxy) is 1. The van der Waals surface area contributed by atoms with Crippen LogP contribution in [0, 0.1) is 0 Å². The maximum atomic E-state index is 12.7. The number of piperazine rings is 1. The Morgan fingerprint density at radius 1 is 1.14 bits per heavy atom. The van der Waals surface area contributed by atoms with Gasteiger partial charge in [-0.05, 0) is 25.1 Å². The Bertz CT molecular complexity index is 785. The van der Waals surface area contributed by atoms with Gasteiger partial charge in [-0.15, -0.1) is 0 Å². The molecule has 0 bridgehead atoms. The van der Waals surface area contributed by atoms with Crippen molar-refractivity contribution < 1.29 is 19.1 Å². The standard InChI is InChI=1S/C19H24Cl2N4O4/c1-13-18(27)24(5-4-17(26)23-8-10-29-11-9-23)6-7-25(13)19(28)22-14-2-3-15(20)16(21)12-14/h2-3,12-13H,4-11H2,1H3,(H,22,28)/t13-/m0/s1. The Kier molecular flexibility index (Phi) is 7.21. The summed E-state index contributed by atoms with van der Waals surface area (Å²) in [5.74, 6) is -0.149. The molecule has 0 saturated carbocycles. The van der Waals surface area contributed by atoms with E-state index in [-0.39, 0.29) is 24.3 Å².